The number of thiazole rings is 1. The molecule has 0 radical (unpaired) electrons. The molecule has 0 atom stereocenters. The van der Waals surface area contributed by atoms with Crippen LogP contribution >= 0.6 is 11.3 Å². The second-order valence-corrected chi connectivity index (χ2v) is 6.61. The van der Waals surface area contributed by atoms with Crippen molar-refractivity contribution < 1.29 is 4.79 Å². The van der Waals surface area contributed by atoms with Gasteiger partial charge < -0.3 is 10.2 Å². The summed E-state index contributed by atoms with van der Waals surface area (Å²) in [5.74, 6) is 1.21. The van der Waals surface area contributed by atoms with Gasteiger partial charge in [0.2, 0.25) is 0 Å². The van der Waals surface area contributed by atoms with Crippen LogP contribution in [-0.2, 0) is 0 Å². The lowest BCUT2D eigenvalue weighted by Crippen LogP contribution is -2.34. The van der Waals surface area contributed by atoms with Crippen molar-refractivity contribution in [1.82, 2.24) is 20.5 Å². The molecule has 122 valence electrons. The predicted molar refractivity (Wildman–Crippen MR) is 91.1 cm³/mol. The monoisotopic (exact) mass is 331 g/mol. The zero-order valence-corrected chi connectivity index (χ0v) is 14.3. The van der Waals surface area contributed by atoms with Crippen LogP contribution < -0.4 is 10.2 Å². The lowest BCUT2D eigenvalue weighted by molar-refractivity contribution is 0.0950. The van der Waals surface area contributed by atoms with Gasteiger partial charge in [0, 0.05) is 36.6 Å². The number of carbonyl (C=O) groups is 1. The Labute approximate surface area is 140 Å². The van der Waals surface area contributed by atoms with E-state index in [1.165, 1.54) is 5.01 Å². The summed E-state index contributed by atoms with van der Waals surface area (Å²) >= 11 is 1.76. The number of piperidine rings is 1. The second kappa shape index (κ2) is 7.04. The summed E-state index contributed by atoms with van der Waals surface area (Å²) in [6.45, 7) is 6.40. The average molecular weight is 331 g/mol. The number of carbonyl (C=O) groups excluding carboxylic acids is 1. The van der Waals surface area contributed by atoms with Crippen molar-refractivity contribution in [3.8, 4) is 0 Å². The molecule has 1 saturated heterocycles. The second-order valence-electron chi connectivity index (χ2n) is 5.72. The fourth-order valence-electron chi connectivity index (χ4n) is 2.78. The summed E-state index contributed by atoms with van der Waals surface area (Å²) in [6.07, 6.45) is 2.15. The maximum atomic E-state index is 11.7. The minimum absolute atomic E-state index is 0.176. The molecule has 0 aliphatic carbocycles. The first-order valence-corrected chi connectivity index (χ1v) is 8.84. The number of hydrogen-bond donors (Lipinski definition) is 1. The highest BCUT2D eigenvalue weighted by atomic mass is 32.1. The van der Waals surface area contributed by atoms with Gasteiger partial charge in [-0.1, -0.05) is 0 Å². The highest BCUT2D eigenvalue weighted by molar-refractivity contribution is 7.09. The lowest BCUT2D eigenvalue weighted by Gasteiger charge is -2.31. The van der Waals surface area contributed by atoms with Crippen LogP contribution in [0.5, 0.6) is 0 Å². The zero-order valence-electron chi connectivity index (χ0n) is 13.5. The molecule has 1 aliphatic heterocycles. The molecule has 0 unspecified atom stereocenters. The lowest BCUT2D eigenvalue weighted by atomic mass is 9.97. The summed E-state index contributed by atoms with van der Waals surface area (Å²) in [4.78, 5) is 18.5. The summed E-state index contributed by atoms with van der Waals surface area (Å²) in [5, 5.41) is 14.3. The number of aryl methyl sites for hydroxylation is 1. The van der Waals surface area contributed by atoms with Gasteiger partial charge in [0.1, 0.15) is 0 Å². The quantitative estimate of drug-likeness (QED) is 0.931. The van der Waals surface area contributed by atoms with Gasteiger partial charge in [-0.25, -0.2) is 4.98 Å². The summed E-state index contributed by atoms with van der Waals surface area (Å²) in [7, 11) is 0. The SMILES string of the molecule is CCNC(=O)c1ccc(N2CCC(c3nc(C)cs3)CC2)nn1. The fourth-order valence-corrected chi connectivity index (χ4v) is 3.75. The van der Waals surface area contributed by atoms with E-state index in [2.05, 4.69) is 30.8 Å². The van der Waals surface area contributed by atoms with Crippen LogP contribution in [-0.4, -0.2) is 40.7 Å². The predicted octanol–water partition coefficient (Wildman–Crippen LogP) is 2.38. The van der Waals surface area contributed by atoms with Crippen molar-refractivity contribution in [1.29, 1.82) is 0 Å². The minimum Gasteiger partial charge on any atom is -0.355 e. The molecule has 3 heterocycles. The largest absolute Gasteiger partial charge is 0.355 e. The van der Waals surface area contributed by atoms with E-state index in [9.17, 15) is 4.79 Å². The maximum absolute atomic E-state index is 11.7. The van der Waals surface area contributed by atoms with Gasteiger partial charge in [-0.05, 0) is 38.8 Å². The third kappa shape index (κ3) is 3.67. The molecule has 1 amide bonds. The third-order valence-electron chi connectivity index (χ3n) is 4.03. The van der Waals surface area contributed by atoms with Crippen molar-refractivity contribution >= 4 is 23.1 Å². The Morgan fingerprint density at radius 3 is 2.70 bits per heavy atom. The molecule has 23 heavy (non-hydrogen) atoms. The molecule has 1 fully saturated rings. The smallest absolute Gasteiger partial charge is 0.271 e. The van der Waals surface area contributed by atoms with Crippen molar-refractivity contribution in [2.75, 3.05) is 24.5 Å². The fraction of sp³-hybridized carbons (Fsp3) is 0.500. The summed E-state index contributed by atoms with van der Waals surface area (Å²) in [5.41, 5.74) is 1.47. The van der Waals surface area contributed by atoms with Crippen LogP contribution in [0.2, 0.25) is 0 Å². The standard InChI is InChI=1S/C16H21N5OS/c1-3-17-15(22)13-4-5-14(20-19-13)21-8-6-12(7-9-21)16-18-11(2)10-23-16/h4-5,10,12H,3,6-9H2,1-2H3,(H,17,22). The Kier molecular flexibility index (Phi) is 4.85. The van der Waals surface area contributed by atoms with E-state index in [4.69, 9.17) is 0 Å². The summed E-state index contributed by atoms with van der Waals surface area (Å²) in [6, 6.07) is 3.62. The van der Waals surface area contributed by atoms with Crippen LogP contribution in [0.15, 0.2) is 17.5 Å². The van der Waals surface area contributed by atoms with Crippen molar-refractivity contribution in [3.05, 3.63) is 33.9 Å². The van der Waals surface area contributed by atoms with Crippen LogP contribution in [0.1, 0.15) is 46.9 Å². The molecule has 1 aliphatic rings. The first-order chi connectivity index (χ1) is 11.2. The number of nitrogens with one attached hydrogen (secondary N) is 1. The van der Waals surface area contributed by atoms with Crippen molar-refractivity contribution in [3.63, 3.8) is 0 Å². The van der Waals surface area contributed by atoms with Crippen LogP contribution in [0.3, 0.4) is 0 Å². The van der Waals surface area contributed by atoms with Gasteiger partial charge in [-0.3, -0.25) is 4.79 Å². The molecule has 2 aromatic heterocycles. The van der Waals surface area contributed by atoms with Gasteiger partial charge in [-0.15, -0.1) is 21.5 Å². The van der Waals surface area contributed by atoms with E-state index >= 15 is 0 Å². The normalized spacial score (nSPS) is 15.7. The molecule has 6 nitrogen and oxygen atoms in total. The molecule has 0 saturated carbocycles. The Hall–Kier alpha value is -2.02. The van der Waals surface area contributed by atoms with Gasteiger partial charge in [-0.2, -0.15) is 0 Å². The molecular weight excluding hydrogens is 310 g/mol. The van der Waals surface area contributed by atoms with E-state index in [0.717, 1.165) is 37.4 Å². The summed E-state index contributed by atoms with van der Waals surface area (Å²) < 4.78 is 0. The molecule has 0 bridgehead atoms. The van der Waals surface area contributed by atoms with E-state index in [0.29, 0.717) is 18.2 Å². The van der Waals surface area contributed by atoms with E-state index in [1.807, 2.05) is 19.9 Å². The first-order valence-electron chi connectivity index (χ1n) is 7.96. The van der Waals surface area contributed by atoms with Crippen LogP contribution in [0.25, 0.3) is 0 Å². The van der Waals surface area contributed by atoms with Crippen LogP contribution in [0, 0.1) is 6.92 Å². The number of rotatable bonds is 4. The number of anilines is 1. The molecule has 7 heteroatoms. The Morgan fingerprint density at radius 2 is 2.13 bits per heavy atom. The van der Waals surface area contributed by atoms with Gasteiger partial charge in [0.15, 0.2) is 11.5 Å². The van der Waals surface area contributed by atoms with Gasteiger partial charge in [0.25, 0.3) is 5.91 Å². The molecule has 2 aromatic rings. The minimum atomic E-state index is -0.176. The molecule has 0 spiro atoms. The Bertz CT molecular complexity index is 661. The maximum Gasteiger partial charge on any atom is 0.271 e. The number of hydrogen-bond acceptors (Lipinski definition) is 6. The van der Waals surface area contributed by atoms with E-state index in [-0.39, 0.29) is 5.91 Å². The average Bonchev–Trinajstić information content (AvgIpc) is 3.02. The van der Waals surface area contributed by atoms with Gasteiger partial charge in [0.05, 0.1) is 5.01 Å². The van der Waals surface area contributed by atoms with Crippen molar-refractivity contribution in [2.45, 2.75) is 32.6 Å². The highest BCUT2D eigenvalue weighted by Crippen LogP contribution is 2.31. The zero-order chi connectivity index (χ0) is 16.2. The first kappa shape index (κ1) is 15.9. The molecule has 3 rings (SSSR count). The number of amides is 1. The Morgan fingerprint density at radius 1 is 1.35 bits per heavy atom. The van der Waals surface area contributed by atoms with Crippen LogP contribution in [0.4, 0.5) is 5.82 Å². The number of aromatic nitrogens is 3. The number of nitrogens with zero attached hydrogens (tertiary/aromatic N) is 4. The van der Waals surface area contributed by atoms with E-state index < -0.39 is 0 Å². The van der Waals surface area contributed by atoms with E-state index in [1.54, 1.807) is 17.4 Å². The molecule has 1 N–H and O–H groups in total. The topological polar surface area (TPSA) is 71.0 Å². The highest BCUT2D eigenvalue weighted by Gasteiger charge is 2.23. The molecular formula is C16H21N5OS. The third-order valence-corrected chi connectivity index (χ3v) is 5.15. The van der Waals surface area contributed by atoms with Gasteiger partial charge >= 0.3 is 0 Å². The van der Waals surface area contributed by atoms with Crippen molar-refractivity contribution in [2.24, 2.45) is 0 Å². The molecule has 0 aromatic carbocycles. The Balaban J connectivity index is 1.60.